The molecule has 0 saturated heterocycles. The van der Waals surface area contributed by atoms with E-state index in [9.17, 15) is 9.00 Å². The molecule has 0 saturated carbocycles. The fourth-order valence-electron chi connectivity index (χ4n) is 5.31. The third kappa shape index (κ3) is 4.04. The van der Waals surface area contributed by atoms with Crippen molar-refractivity contribution in [3.05, 3.63) is 34.5 Å². The van der Waals surface area contributed by atoms with E-state index in [1.807, 2.05) is 0 Å². The number of methoxy groups -OCH3 is 1. The molecule has 178 valence electrons. The summed E-state index contributed by atoms with van der Waals surface area (Å²) in [6.45, 7) is 5.75. The van der Waals surface area contributed by atoms with E-state index < -0.39 is 15.9 Å². The van der Waals surface area contributed by atoms with Crippen LogP contribution in [0.1, 0.15) is 54.9 Å². The van der Waals surface area contributed by atoms with Gasteiger partial charge in [0.1, 0.15) is 4.90 Å². The molecule has 2 atom stereocenters. The predicted octanol–water partition coefficient (Wildman–Crippen LogP) is 3.40. The molecule has 1 aliphatic heterocycles. The van der Waals surface area contributed by atoms with E-state index >= 15 is 0 Å². The molecule has 1 aromatic heterocycles. The zero-order valence-electron chi connectivity index (χ0n) is 19.3. The zero-order valence-corrected chi connectivity index (χ0v) is 20.2. The van der Waals surface area contributed by atoms with Gasteiger partial charge < -0.3 is 14.8 Å². The molecule has 9 nitrogen and oxygen atoms in total. The second-order valence-electron chi connectivity index (χ2n) is 10.0. The topological polar surface area (TPSA) is 121 Å². The van der Waals surface area contributed by atoms with Gasteiger partial charge in [0.15, 0.2) is 9.92 Å². The maximum absolute atomic E-state index is 13.3. The smallest absolute Gasteiger partial charge is 0.354 e. The first-order valence-electron chi connectivity index (χ1n) is 11.4. The number of amides is 2. The van der Waals surface area contributed by atoms with Crippen molar-refractivity contribution in [3.8, 4) is 5.88 Å². The first-order chi connectivity index (χ1) is 15.7. The zero-order chi connectivity index (χ0) is 23.4. The monoisotopic (exact) mass is 473 g/mol. The van der Waals surface area contributed by atoms with Gasteiger partial charge in [-0.1, -0.05) is 19.9 Å². The lowest BCUT2D eigenvalue weighted by atomic mass is 9.94. The second-order valence-corrected chi connectivity index (χ2v) is 11.8. The molecule has 2 amide bonds. The van der Waals surface area contributed by atoms with E-state index in [0.29, 0.717) is 25.6 Å². The molecule has 0 radical (unpaired) electrons. The standard InChI is InChI=1S/C23H31N5O4S/c1-23(2)12-28-21(32-13-23)18(10-25-28)33(24,30)27-22(29)26-20-17-6-4-5-14(17)9-15-7-8-16(11-31-3)19(15)20/h9-10,16H,4-8,11-13H2,1-3H3,(H3,24,26,27,29,30)/t16-,33?/m0/s1. The maximum Gasteiger partial charge on any atom is 0.354 e. The van der Waals surface area contributed by atoms with Crippen molar-refractivity contribution in [2.24, 2.45) is 14.9 Å². The first kappa shape index (κ1) is 22.4. The predicted molar refractivity (Wildman–Crippen MR) is 125 cm³/mol. The van der Waals surface area contributed by atoms with Crippen LogP contribution < -0.4 is 15.2 Å². The Balaban J connectivity index is 1.48. The Bertz CT molecular complexity index is 1240. The van der Waals surface area contributed by atoms with Crippen molar-refractivity contribution in [1.29, 1.82) is 0 Å². The van der Waals surface area contributed by atoms with Crippen molar-refractivity contribution >= 4 is 21.6 Å². The summed E-state index contributed by atoms with van der Waals surface area (Å²) in [5.74, 6) is 0.535. The Kier molecular flexibility index (Phi) is 5.49. The Morgan fingerprint density at radius 1 is 1.39 bits per heavy atom. The molecule has 0 fully saturated rings. The van der Waals surface area contributed by atoms with E-state index in [0.717, 1.165) is 48.9 Å². The number of anilines is 1. The quantitative estimate of drug-likeness (QED) is 0.705. The largest absolute Gasteiger partial charge is 0.476 e. The number of aryl methyl sites for hydroxylation is 2. The number of carbonyl (C=O) groups excluding carboxylic acids is 1. The Labute approximate surface area is 194 Å². The van der Waals surface area contributed by atoms with Crippen LogP contribution >= 0.6 is 0 Å². The third-order valence-corrected chi connectivity index (χ3v) is 8.11. The van der Waals surface area contributed by atoms with Crippen LogP contribution in [-0.2, 0) is 40.5 Å². The van der Waals surface area contributed by atoms with Crippen molar-refractivity contribution in [3.63, 3.8) is 0 Å². The summed E-state index contributed by atoms with van der Waals surface area (Å²) in [7, 11) is -1.84. The number of carbonyl (C=O) groups is 1. The second kappa shape index (κ2) is 8.11. The van der Waals surface area contributed by atoms with Gasteiger partial charge in [-0.15, -0.1) is 4.36 Å². The molecule has 3 aliphatic rings. The van der Waals surface area contributed by atoms with Gasteiger partial charge in [-0.3, -0.25) is 0 Å². The van der Waals surface area contributed by atoms with Gasteiger partial charge in [0.25, 0.3) is 0 Å². The van der Waals surface area contributed by atoms with Crippen LogP contribution in [0.15, 0.2) is 21.5 Å². The van der Waals surface area contributed by atoms with Gasteiger partial charge >= 0.3 is 6.03 Å². The number of aromatic nitrogens is 2. The van der Waals surface area contributed by atoms with Gasteiger partial charge in [0.2, 0.25) is 5.88 Å². The molecule has 2 heterocycles. The van der Waals surface area contributed by atoms with Gasteiger partial charge in [-0.2, -0.15) is 5.10 Å². The van der Waals surface area contributed by atoms with E-state index in [2.05, 4.69) is 34.7 Å². The first-order valence-corrected chi connectivity index (χ1v) is 13.0. The minimum Gasteiger partial charge on any atom is -0.476 e. The lowest BCUT2D eigenvalue weighted by Gasteiger charge is -2.30. The van der Waals surface area contributed by atoms with Crippen LogP contribution in [0.25, 0.3) is 0 Å². The number of fused-ring (bicyclic) bond motifs is 3. The van der Waals surface area contributed by atoms with Gasteiger partial charge in [0.05, 0.1) is 26.0 Å². The molecule has 0 bridgehead atoms. The number of rotatable bonds is 4. The van der Waals surface area contributed by atoms with Crippen molar-refractivity contribution in [2.45, 2.75) is 63.3 Å². The summed E-state index contributed by atoms with van der Waals surface area (Å²) < 4.78 is 30.1. The number of urea groups is 1. The average molecular weight is 474 g/mol. The van der Waals surface area contributed by atoms with Crippen molar-refractivity contribution in [2.75, 3.05) is 25.6 Å². The fourth-order valence-corrected chi connectivity index (χ4v) is 6.32. The van der Waals surface area contributed by atoms with Crippen LogP contribution in [0.5, 0.6) is 5.88 Å². The van der Waals surface area contributed by atoms with Gasteiger partial charge in [-0.05, 0) is 54.4 Å². The number of nitrogens with one attached hydrogen (secondary N) is 1. The minimum atomic E-state index is -3.54. The van der Waals surface area contributed by atoms with E-state index in [-0.39, 0.29) is 16.2 Å². The Morgan fingerprint density at radius 2 is 2.21 bits per heavy atom. The number of benzene rings is 1. The molecule has 33 heavy (non-hydrogen) atoms. The maximum atomic E-state index is 13.3. The van der Waals surface area contributed by atoms with E-state index in [1.165, 1.54) is 17.3 Å². The number of nitrogens with two attached hydrogens (primary N) is 1. The lowest BCUT2D eigenvalue weighted by molar-refractivity contribution is 0.0972. The van der Waals surface area contributed by atoms with Crippen LogP contribution in [0.4, 0.5) is 10.5 Å². The van der Waals surface area contributed by atoms with E-state index in [4.69, 9.17) is 14.6 Å². The van der Waals surface area contributed by atoms with Crippen LogP contribution in [0.2, 0.25) is 0 Å². The molecule has 2 aliphatic carbocycles. The summed E-state index contributed by atoms with van der Waals surface area (Å²) in [6, 6.07) is 1.56. The van der Waals surface area contributed by atoms with E-state index in [1.54, 1.807) is 11.8 Å². The normalized spacial score (nSPS) is 22.0. The SMILES string of the molecule is COC[C@@H]1CCc2cc3c(c(NC(=O)N=S(N)(=O)c4cnn5c4OCC(C)(C)C5)c21)CCC3. The fraction of sp³-hybridized carbons (Fsp3) is 0.565. The molecule has 1 aromatic carbocycles. The number of hydrogen-bond donors (Lipinski definition) is 2. The molecule has 0 spiro atoms. The van der Waals surface area contributed by atoms with Crippen molar-refractivity contribution < 1.29 is 18.5 Å². The number of nitrogens with zero attached hydrogens (tertiary/aromatic N) is 3. The highest BCUT2D eigenvalue weighted by atomic mass is 32.2. The molecule has 5 rings (SSSR count). The van der Waals surface area contributed by atoms with Crippen LogP contribution in [-0.4, -0.2) is 40.3 Å². The highest BCUT2D eigenvalue weighted by Crippen LogP contribution is 2.44. The van der Waals surface area contributed by atoms with Crippen LogP contribution in [0, 0.1) is 5.41 Å². The molecular weight excluding hydrogens is 442 g/mol. The number of hydrogen-bond acceptors (Lipinski definition) is 5. The number of ether oxygens (including phenoxy) is 2. The summed E-state index contributed by atoms with van der Waals surface area (Å²) >= 11 is 0. The third-order valence-electron chi connectivity index (χ3n) is 6.77. The highest BCUT2D eigenvalue weighted by Gasteiger charge is 2.33. The summed E-state index contributed by atoms with van der Waals surface area (Å²) in [4.78, 5) is 13.2. The molecular formula is C23H31N5O4S. The Hall–Kier alpha value is -2.43. The summed E-state index contributed by atoms with van der Waals surface area (Å²) in [5.41, 5.74) is 5.50. The summed E-state index contributed by atoms with van der Waals surface area (Å²) in [6.07, 6.45) is 6.29. The minimum absolute atomic E-state index is 0.104. The summed E-state index contributed by atoms with van der Waals surface area (Å²) in [5, 5.41) is 13.3. The average Bonchev–Trinajstić information content (AvgIpc) is 3.45. The molecule has 1 unspecified atom stereocenters. The van der Waals surface area contributed by atoms with Gasteiger partial charge in [0, 0.05) is 24.1 Å². The van der Waals surface area contributed by atoms with Gasteiger partial charge in [-0.25, -0.2) is 18.8 Å². The molecule has 10 heteroatoms. The lowest BCUT2D eigenvalue weighted by Crippen LogP contribution is -2.33. The molecule has 3 N–H and O–H groups in total. The van der Waals surface area contributed by atoms with Crippen LogP contribution in [0.3, 0.4) is 0 Å². The molecule has 2 aromatic rings. The van der Waals surface area contributed by atoms with Crippen molar-refractivity contribution in [1.82, 2.24) is 9.78 Å². The highest BCUT2D eigenvalue weighted by molar-refractivity contribution is 7.91. The Morgan fingerprint density at radius 3 is 3.00 bits per heavy atom.